The lowest BCUT2D eigenvalue weighted by atomic mass is 9.83. The van der Waals surface area contributed by atoms with E-state index in [-0.39, 0.29) is 0 Å². The molecule has 224 valence electrons. The van der Waals surface area contributed by atoms with Gasteiger partial charge in [-0.05, 0) is 94.0 Å². The maximum Gasteiger partial charge on any atom is -0.00201 e. The van der Waals surface area contributed by atoms with E-state index in [0.29, 0.717) is 0 Å². The number of benzene rings is 9. The maximum absolute atomic E-state index is 2.38. The molecule has 0 unspecified atom stereocenters. The molecule has 0 fully saturated rings. The summed E-state index contributed by atoms with van der Waals surface area (Å²) < 4.78 is 0. The molecule has 0 nitrogen and oxygen atoms in total. The van der Waals surface area contributed by atoms with E-state index in [1.165, 1.54) is 88.0 Å². The quantitative estimate of drug-likeness (QED) is 0.171. The first-order valence-corrected chi connectivity index (χ1v) is 16.6. The average molecular weight is 609 g/mol. The number of hydrogen-bond donors (Lipinski definition) is 0. The Morgan fingerprint density at radius 1 is 0.188 bits per heavy atom. The van der Waals surface area contributed by atoms with Crippen molar-refractivity contribution < 1.29 is 0 Å². The molecular formula is C48H32. The van der Waals surface area contributed by atoms with E-state index in [1.807, 2.05) is 0 Å². The number of rotatable bonds is 5. The highest BCUT2D eigenvalue weighted by molar-refractivity contribution is 6.24. The van der Waals surface area contributed by atoms with Gasteiger partial charge in [0, 0.05) is 0 Å². The van der Waals surface area contributed by atoms with Gasteiger partial charge >= 0.3 is 0 Å². The van der Waals surface area contributed by atoms with Crippen molar-refractivity contribution in [2.45, 2.75) is 0 Å². The van der Waals surface area contributed by atoms with Gasteiger partial charge in [0.25, 0.3) is 0 Å². The molecule has 0 saturated carbocycles. The summed E-state index contributed by atoms with van der Waals surface area (Å²) >= 11 is 0. The Balaban J connectivity index is 1.31. The standard InChI is InChI=1S/C48H32/c1-4-14-33(15-5-1)35-24-26-37(27-25-35)47-41-20-10-12-22-43(41)48(44-23-13-11-21-42(44)47)45-31-30-39(36-18-8-3-9-19-36)46-32-38(28-29-40(45)46)34-16-6-2-7-17-34/h1-32H. The lowest BCUT2D eigenvalue weighted by Crippen LogP contribution is -1.93. The fourth-order valence-electron chi connectivity index (χ4n) is 7.44. The van der Waals surface area contributed by atoms with Crippen molar-refractivity contribution in [3.05, 3.63) is 194 Å². The van der Waals surface area contributed by atoms with Crippen molar-refractivity contribution in [1.82, 2.24) is 0 Å². The van der Waals surface area contributed by atoms with Gasteiger partial charge < -0.3 is 0 Å². The Bertz CT molecular complexity index is 2510. The van der Waals surface area contributed by atoms with Gasteiger partial charge in [-0.1, -0.05) is 188 Å². The van der Waals surface area contributed by atoms with Crippen LogP contribution in [-0.4, -0.2) is 0 Å². The third kappa shape index (κ3) is 4.78. The fourth-order valence-corrected chi connectivity index (χ4v) is 7.44. The predicted octanol–water partition coefficient (Wildman–Crippen LogP) is 13.5. The molecule has 0 spiro atoms. The Hall–Kier alpha value is -6.24. The molecule has 0 heterocycles. The van der Waals surface area contributed by atoms with E-state index in [1.54, 1.807) is 0 Å². The molecule has 48 heavy (non-hydrogen) atoms. The van der Waals surface area contributed by atoms with Crippen LogP contribution in [0.15, 0.2) is 194 Å². The van der Waals surface area contributed by atoms with Crippen molar-refractivity contribution in [2.24, 2.45) is 0 Å². The molecule has 9 rings (SSSR count). The minimum Gasteiger partial charge on any atom is -0.0622 e. The topological polar surface area (TPSA) is 0 Å². The third-order valence-corrected chi connectivity index (χ3v) is 9.69. The van der Waals surface area contributed by atoms with Gasteiger partial charge in [-0.15, -0.1) is 0 Å². The largest absolute Gasteiger partial charge is 0.0622 e. The molecule has 0 heteroatoms. The van der Waals surface area contributed by atoms with Crippen molar-refractivity contribution in [3.63, 3.8) is 0 Å². The van der Waals surface area contributed by atoms with Gasteiger partial charge in [0.2, 0.25) is 0 Å². The molecule has 0 aromatic heterocycles. The van der Waals surface area contributed by atoms with Crippen LogP contribution in [0.5, 0.6) is 0 Å². The molecule has 9 aromatic rings. The lowest BCUT2D eigenvalue weighted by Gasteiger charge is -2.20. The van der Waals surface area contributed by atoms with Gasteiger partial charge in [0.05, 0.1) is 0 Å². The highest BCUT2D eigenvalue weighted by atomic mass is 14.2. The number of fused-ring (bicyclic) bond motifs is 3. The molecule has 0 amide bonds. The van der Waals surface area contributed by atoms with Crippen molar-refractivity contribution in [2.75, 3.05) is 0 Å². The second-order valence-electron chi connectivity index (χ2n) is 12.4. The summed E-state index contributed by atoms with van der Waals surface area (Å²) in [5.74, 6) is 0. The van der Waals surface area contributed by atoms with Crippen LogP contribution in [0.2, 0.25) is 0 Å². The van der Waals surface area contributed by atoms with Gasteiger partial charge in [-0.25, -0.2) is 0 Å². The van der Waals surface area contributed by atoms with E-state index < -0.39 is 0 Å². The van der Waals surface area contributed by atoms with Gasteiger partial charge in [0.15, 0.2) is 0 Å². The van der Waals surface area contributed by atoms with Crippen molar-refractivity contribution >= 4 is 32.3 Å². The zero-order chi connectivity index (χ0) is 31.9. The first-order chi connectivity index (χ1) is 23.8. The smallest absolute Gasteiger partial charge is 0.00201 e. The van der Waals surface area contributed by atoms with Crippen LogP contribution in [0.3, 0.4) is 0 Å². The minimum absolute atomic E-state index is 1.22. The van der Waals surface area contributed by atoms with Crippen molar-refractivity contribution in [3.8, 4) is 55.6 Å². The van der Waals surface area contributed by atoms with Crippen LogP contribution >= 0.6 is 0 Å². The van der Waals surface area contributed by atoms with Gasteiger partial charge in [-0.2, -0.15) is 0 Å². The molecule has 0 atom stereocenters. The Morgan fingerprint density at radius 2 is 0.583 bits per heavy atom. The molecular weight excluding hydrogens is 577 g/mol. The fraction of sp³-hybridized carbons (Fsp3) is 0. The molecule has 0 aliphatic heterocycles. The highest BCUT2D eigenvalue weighted by Crippen LogP contribution is 2.47. The zero-order valence-electron chi connectivity index (χ0n) is 26.5. The summed E-state index contributed by atoms with van der Waals surface area (Å²) in [6.45, 7) is 0. The monoisotopic (exact) mass is 608 g/mol. The summed E-state index contributed by atoms with van der Waals surface area (Å²) in [5.41, 5.74) is 12.4. The molecule has 0 N–H and O–H groups in total. The second-order valence-corrected chi connectivity index (χ2v) is 12.4. The Morgan fingerprint density at radius 3 is 1.15 bits per heavy atom. The van der Waals surface area contributed by atoms with E-state index in [9.17, 15) is 0 Å². The molecule has 9 aromatic carbocycles. The van der Waals surface area contributed by atoms with Crippen LogP contribution in [0.25, 0.3) is 88.0 Å². The third-order valence-electron chi connectivity index (χ3n) is 9.69. The van der Waals surface area contributed by atoms with Gasteiger partial charge in [0.1, 0.15) is 0 Å². The lowest BCUT2D eigenvalue weighted by molar-refractivity contribution is 1.61. The summed E-state index contributed by atoms with van der Waals surface area (Å²) in [6, 6.07) is 70.7. The molecule has 0 aliphatic rings. The van der Waals surface area contributed by atoms with Crippen molar-refractivity contribution in [1.29, 1.82) is 0 Å². The Kier molecular flexibility index (Phi) is 6.91. The first-order valence-electron chi connectivity index (χ1n) is 16.6. The predicted molar refractivity (Wildman–Crippen MR) is 206 cm³/mol. The van der Waals surface area contributed by atoms with E-state index in [4.69, 9.17) is 0 Å². The summed E-state index contributed by atoms with van der Waals surface area (Å²) in [5, 5.41) is 7.57. The summed E-state index contributed by atoms with van der Waals surface area (Å²) in [4.78, 5) is 0. The van der Waals surface area contributed by atoms with Gasteiger partial charge in [-0.3, -0.25) is 0 Å². The Labute approximate surface area is 281 Å². The normalized spacial score (nSPS) is 11.3. The molecule has 0 saturated heterocycles. The van der Waals surface area contributed by atoms with E-state index in [0.717, 1.165) is 0 Å². The number of hydrogen-bond acceptors (Lipinski definition) is 0. The first kappa shape index (κ1) is 28.0. The van der Waals surface area contributed by atoms with E-state index in [2.05, 4.69) is 194 Å². The SMILES string of the molecule is c1ccc(-c2ccc(-c3c4ccccc4c(-c4ccc(-c5ccccc5)c5cc(-c6ccccc6)ccc45)c4ccccc34)cc2)cc1. The van der Waals surface area contributed by atoms with Crippen LogP contribution < -0.4 is 0 Å². The molecule has 0 radical (unpaired) electrons. The zero-order valence-corrected chi connectivity index (χ0v) is 26.5. The second kappa shape index (κ2) is 11.8. The van der Waals surface area contributed by atoms with Crippen LogP contribution in [0, 0.1) is 0 Å². The van der Waals surface area contributed by atoms with Crippen LogP contribution in [0.4, 0.5) is 0 Å². The van der Waals surface area contributed by atoms with E-state index >= 15 is 0 Å². The summed E-state index contributed by atoms with van der Waals surface area (Å²) in [7, 11) is 0. The minimum atomic E-state index is 1.22. The van der Waals surface area contributed by atoms with Crippen LogP contribution in [0.1, 0.15) is 0 Å². The highest BCUT2D eigenvalue weighted by Gasteiger charge is 2.19. The molecule has 0 aliphatic carbocycles. The molecule has 0 bridgehead atoms. The summed E-state index contributed by atoms with van der Waals surface area (Å²) in [6.07, 6.45) is 0. The average Bonchev–Trinajstić information content (AvgIpc) is 3.17. The van der Waals surface area contributed by atoms with Crippen LogP contribution in [-0.2, 0) is 0 Å². The maximum atomic E-state index is 2.38.